The Labute approximate surface area is 263 Å². The molecular formula is C34H34ClN7O2. The summed E-state index contributed by atoms with van der Waals surface area (Å²) in [6, 6.07) is 14.8. The second kappa shape index (κ2) is 13.7. The molecule has 0 atom stereocenters. The van der Waals surface area contributed by atoms with Crippen LogP contribution in [0.4, 0.5) is 17.2 Å². The molecule has 4 aromatic rings. The highest BCUT2D eigenvalue weighted by atomic mass is 35.5. The van der Waals surface area contributed by atoms with Crippen LogP contribution in [0, 0.1) is 23.7 Å². The van der Waals surface area contributed by atoms with Gasteiger partial charge in [-0.05, 0) is 76.2 Å². The zero-order valence-electron chi connectivity index (χ0n) is 25.2. The lowest BCUT2D eigenvalue weighted by Gasteiger charge is -2.40. The maximum atomic E-state index is 12.5. The van der Waals surface area contributed by atoms with E-state index >= 15 is 0 Å². The summed E-state index contributed by atoms with van der Waals surface area (Å²) in [4.78, 5) is 30.5. The third-order valence-corrected chi connectivity index (χ3v) is 7.65. The molecule has 1 amide bonds. The maximum absolute atomic E-state index is 12.5. The van der Waals surface area contributed by atoms with Crippen molar-refractivity contribution in [2.75, 3.05) is 43.9 Å². The largest absolute Gasteiger partial charge is 0.486 e. The molecular weight excluding hydrogens is 574 g/mol. The molecule has 3 heterocycles. The Morgan fingerprint density at radius 3 is 2.61 bits per heavy atom. The van der Waals surface area contributed by atoms with Crippen molar-refractivity contribution in [1.82, 2.24) is 24.8 Å². The number of ether oxygens (including phenoxy) is 1. The summed E-state index contributed by atoms with van der Waals surface area (Å²) in [5.74, 6) is 12.6. The number of pyridine rings is 1. The highest BCUT2D eigenvalue weighted by Gasteiger charge is 2.27. The van der Waals surface area contributed by atoms with Crippen LogP contribution in [0.2, 0.25) is 5.02 Å². The Balaban J connectivity index is 1.43. The topological polar surface area (TPSA) is 95.5 Å². The fourth-order valence-corrected chi connectivity index (χ4v) is 5.04. The van der Waals surface area contributed by atoms with Crippen LogP contribution in [0.15, 0.2) is 61.1 Å². The van der Waals surface area contributed by atoms with Crippen molar-refractivity contribution < 1.29 is 9.53 Å². The monoisotopic (exact) mass is 607 g/mol. The molecule has 0 saturated carbocycles. The lowest BCUT2D eigenvalue weighted by atomic mass is 10.0. The number of carbonyl (C=O) groups excluding carboxylic acids is 1. The Morgan fingerprint density at radius 2 is 1.89 bits per heavy atom. The van der Waals surface area contributed by atoms with Crippen molar-refractivity contribution in [2.24, 2.45) is 0 Å². The molecule has 1 aliphatic heterocycles. The molecule has 10 heteroatoms. The van der Waals surface area contributed by atoms with Gasteiger partial charge in [0.2, 0.25) is 0 Å². The highest BCUT2D eigenvalue weighted by Crippen LogP contribution is 2.32. The van der Waals surface area contributed by atoms with Gasteiger partial charge in [0.25, 0.3) is 5.91 Å². The second-order valence-corrected chi connectivity index (χ2v) is 11.4. The first-order valence-corrected chi connectivity index (χ1v) is 14.7. The molecule has 0 aliphatic carbocycles. The summed E-state index contributed by atoms with van der Waals surface area (Å²) >= 11 is 6.55. The molecule has 0 unspecified atom stereocenters. The Bertz CT molecular complexity index is 1780. The Morgan fingerprint density at radius 1 is 1.07 bits per heavy atom. The van der Waals surface area contributed by atoms with Gasteiger partial charge in [0.1, 0.15) is 24.5 Å². The first kappa shape index (κ1) is 30.8. The number of nitrogens with zero attached hydrogens (tertiary/aromatic N) is 5. The normalized spacial score (nSPS) is 13.8. The standard InChI is InChI=1S/C34H34ClN7O2/c1-5-8-32(43)40-29-21-27-30(19-24(29)12-13-34(2,3)42-17-15-41(4)16-18-42)37-23-38-33(27)39-25-10-11-31(28(35)20-25)44-22-26-9-6-7-14-36-26/h6-7,9-11,14,19-21,23H,15-18,22H2,1-4H3,(H,40,43)(H,37,38,39). The van der Waals surface area contributed by atoms with Crippen molar-refractivity contribution in [3.05, 3.63) is 77.3 Å². The molecule has 2 aromatic heterocycles. The summed E-state index contributed by atoms with van der Waals surface area (Å²) < 4.78 is 5.86. The lowest BCUT2D eigenvalue weighted by Crippen LogP contribution is -2.53. The summed E-state index contributed by atoms with van der Waals surface area (Å²) in [5, 5.41) is 7.36. The Kier molecular flexibility index (Phi) is 9.62. The molecule has 1 aliphatic rings. The van der Waals surface area contributed by atoms with E-state index in [1.165, 1.54) is 6.33 Å². The van der Waals surface area contributed by atoms with E-state index in [0.717, 1.165) is 31.9 Å². The molecule has 0 radical (unpaired) electrons. The SMILES string of the molecule is CC#CC(=O)Nc1cc2c(Nc3ccc(OCc4ccccn4)c(Cl)c3)ncnc2cc1C#CC(C)(C)N1CCN(C)CC1. The number of halogens is 1. The summed E-state index contributed by atoms with van der Waals surface area (Å²) in [5.41, 5.74) is 3.00. The van der Waals surface area contributed by atoms with Crippen LogP contribution < -0.4 is 15.4 Å². The van der Waals surface area contributed by atoms with Crippen molar-refractivity contribution in [2.45, 2.75) is 32.9 Å². The first-order chi connectivity index (χ1) is 21.2. The molecule has 2 aromatic carbocycles. The van der Waals surface area contributed by atoms with Gasteiger partial charge in [0.15, 0.2) is 0 Å². The van der Waals surface area contributed by atoms with Crippen LogP contribution in [-0.2, 0) is 11.4 Å². The van der Waals surface area contributed by atoms with Crippen molar-refractivity contribution in [3.63, 3.8) is 0 Å². The first-order valence-electron chi connectivity index (χ1n) is 14.3. The van der Waals surface area contributed by atoms with E-state index in [9.17, 15) is 4.79 Å². The number of amides is 1. The zero-order valence-corrected chi connectivity index (χ0v) is 26.0. The molecule has 0 bridgehead atoms. The number of hydrogen-bond acceptors (Lipinski definition) is 8. The van der Waals surface area contributed by atoms with E-state index in [-0.39, 0.29) is 5.54 Å². The van der Waals surface area contributed by atoms with Crippen LogP contribution in [0.25, 0.3) is 10.9 Å². The smallest absolute Gasteiger partial charge is 0.300 e. The molecule has 5 rings (SSSR count). The number of aromatic nitrogens is 3. The van der Waals surface area contributed by atoms with Crippen LogP contribution in [-0.4, -0.2) is 69.4 Å². The van der Waals surface area contributed by atoms with E-state index in [2.05, 4.69) is 80.0 Å². The van der Waals surface area contributed by atoms with Gasteiger partial charge in [-0.15, -0.1) is 0 Å². The number of carbonyl (C=O) groups is 1. The number of rotatable bonds is 7. The molecule has 224 valence electrons. The average Bonchev–Trinajstić information content (AvgIpc) is 3.01. The van der Waals surface area contributed by atoms with E-state index < -0.39 is 5.91 Å². The summed E-state index contributed by atoms with van der Waals surface area (Å²) in [7, 11) is 2.13. The highest BCUT2D eigenvalue weighted by molar-refractivity contribution is 6.32. The van der Waals surface area contributed by atoms with E-state index in [1.54, 1.807) is 25.3 Å². The summed E-state index contributed by atoms with van der Waals surface area (Å²) in [6.45, 7) is 10.0. The number of anilines is 3. The molecule has 1 fully saturated rings. The van der Waals surface area contributed by atoms with Gasteiger partial charge >= 0.3 is 0 Å². The molecule has 1 saturated heterocycles. The number of piperazine rings is 1. The third-order valence-electron chi connectivity index (χ3n) is 7.35. The quantitative estimate of drug-likeness (QED) is 0.272. The molecule has 2 N–H and O–H groups in total. The zero-order chi connectivity index (χ0) is 31.1. The van der Waals surface area contributed by atoms with Gasteiger partial charge in [0, 0.05) is 43.4 Å². The number of likely N-dealkylation sites (N-methyl/N-ethyl adjacent to an activating group) is 1. The van der Waals surface area contributed by atoms with Gasteiger partial charge in [0.05, 0.1) is 33.0 Å². The van der Waals surface area contributed by atoms with Gasteiger partial charge < -0.3 is 20.3 Å². The predicted molar refractivity (Wildman–Crippen MR) is 175 cm³/mol. The number of benzene rings is 2. The maximum Gasteiger partial charge on any atom is 0.300 e. The third kappa shape index (κ3) is 7.64. The fourth-order valence-electron chi connectivity index (χ4n) is 4.81. The fraction of sp³-hybridized carbons (Fsp3) is 0.294. The van der Waals surface area contributed by atoms with Gasteiger partial charge in [-0.2, -0.15) is 0 Å². The molecule has 0 spiro atoms. The number of fused-ring (bicyclic) bond motifs is 1. The van der Waals surface area contributed by atoms with Gasteiger partial charge in [-0.1, -0.05) is 35.4 Å². The van der Waals surface area contributed by atoms with Crippen molar-refractivity contribution in [1.29, 1.82) is 0 Å². The van der Waals surface area contributed by atoms with Crippen LogP contribution in [0.1, 0.15) is 32.0 Å². The van der Waals surface area contributed by atoms with E-state index in [4.69, 9.17) is 16.3 Å². The predicted octanol–water partition coefficient (Wildman–Crippen LogP) is 5.34. The lowest BCUT2D eigenvalue weighted by molar-refractivity contribution is -0.111. The summed E-state index contributed by atoms with van der Waals surface area (Å²) in [6.07, 6.45) is 3.21. The minimum absolute atomic E-state index is 0.304. The van der Waals surface area contributed by atoms with Crippen molar-refractivity contribution in [3.8, 4) is 29.4 Å². The molecule has 9 nitrogen and oxygen atoms in total. The molecule has 44 heavy (non-hydrogen) atoms. The minimum atomic E-state index is -0.423. The van der Waals surface area contributed by atoms with Crippen molar-refractivity contribution >= 4 is 45.6 Å². The van der Waals surface area contributed by atoms with Crippen LogP contribution >= 0.6 is 11.6 Å². The van der Waals surface area contributed by atoms with Crippen LogP contribution in [0.5, 0.6) is 5.75 Å². The van der Waals surface area contributed by atoms with E-state index in [1.807, 2.05) is 36.4 Å². The minimum Gasteiger partial charge on any atom is -0.486 e. The second-order valence-electron chi connectivity index (χ2n) is 10.9. The van der Waals surface area contributed by atoms with Gasteiger partial charge in [-0.3, -0.25) is 14.7 Å². The Hall–Kier alpha value is -4.67. The van der Waals surface area contributed by atoms with E-state index in [0.29, 0.717) is 51.0 Å². The average molecular weight is 608 g/mol. The van der Waals surface area contributed by atoms with Crippen LogP contribution in [0.3, 0.4) is 0 Å². The van der Waals surface area contributed by atoms with Gasteiger partial charge in [-0.25, -0.2) is 9.97 Å². The number of hydrogen-bond donors (Lipinski definition) is 2. The number of nitrogens with one attached hydrogen (secondary N) is 2.